The Morgan fingerprint density at radius 1 is 1.50 bits per heavy atom. The Labute approximate surface area is 109 Å². The fourth-order valence-electron chi connectivity index (χ4n) is 1.68. The largest absolute Gasteiger partial charge is 0.480 e. The summed E-state index contributed by atoms with van der Waals surface area (Å²) in [5.41, 5.74) is 0. The second kappa shape index (κ2) is 5.86. The minimum Gasteiger partial charge on any atom is -0.480 e. The van der Waals surface area contributed by atoms with Crippen LogP contribution in [0.5, 0.6) is 0 Å². The first-order valence-corrected chi connectivity index (χ1v) is 6.80. The summed E-state index contributed by atoms with van der Waals surface area (Å²) < 4.78 is 0. The zero-order valence-electron chi connectivity index (χ0n) is 9.96. The van der Waals surface area contributed by atoms with E-state index in [1.807, 2.05) is 17.5 Å². The Bertz CT molecular complexity index is 415. The van der Waals surface area contributed by atoms with Crippen LogP contribution < -0.4 is 5.32 Å². The van der Waals surface area contributed by atoms with Gasteiger partial charge in [-0.15, -0.1) is 11.3 Å². The quantitative estimate of drug-likeness (QED) is 0.826. The van der Waals surface area contributed by atoms with E-state index < -0.39 is 5.97 Å². The van der Waals surface area contributed by atoms with Gasteiger partial charge < -0.3 is 15.3 Å². The minimum atomic E-state index is -0.970. The van der Waals surface area contributed by atoms with Gasteiger partial charge in [-0.25, -0.2) is 4.79 Å². The van der Waals surface area contributed by atoms with Gasteiger partial charge in [0.05, 0.1) is 6.54 Å². The molecular weight excluding hydrogens is 252 g/mol. The van der Waals surface area contributed by atoms with Gasteiger partial charge in [-0.2, -0.15) is 0 Å². The van der Waals surface area contributed by atoms with Gasteiger partial charge in [0.25, 0.3) is 0 Å². The number of aliphatic carboxylic acids is 1. The van der Waals surface area contributed by atoms with Gasteiger partial charge in [0.1, 0.15) is 6.54 Å². The number of hydrogen-bond acceptors (Lipinski definition) is 3. The first-order valence-electron chi connectivity index (χ1n) is 5.92. The minimum absolute atomic E-state index is 0.229. The average molecular weight is 268 g/mol. The van der Waals surface area contributed by atoms with Crippen LogP contribution in [0, 0.1) is 5.92 Å². The summed E-state index contributed by atoms with van der Waals surface area (Å²) in [4.78, 5) is 25.1. The van der Waals surface area contributed by atoms with Crippen molar-refractivity contribution >= 4 is 23.3 Å². The van der Waals surface area contributed by atoms with Crippen LogP contribution in [0.2, 0.25) is 0 Å². The summed E-state index contributed by atoms with van der Waals surface area (Å²) >= 11 is 1.57. The highest BCUT2D eigenvalue weighted by Gasteiger charge is 2.27. The molecule has 0 atom stereocenters. The molecule has 0 aliphatic heterocycles. The second-order valence-electron chi connectivity index (χ2n) is 4.46. The number of amides is 2. The number of thiophene rings is 1. The highest BCUT2D eigenvalue weighted by atomic mass is 32.1. The second-order valence-corrected chi connectivity index (χ2v) is 5.49. The van der Waals surface area contributed by atoms with Crippen LogP contribution in [-0.4, -0.2) is 35.1 Å². The molecule has 1 aliphatic carbocycles. The van der Waals surface area contributed by atoms with Gasteiger partial charge in [-0.05, 0) is 30.2 Å². The lowest BCUT2D eigenvalue weighted by atomic mass is 10.3. The maximum Gasteiger partial charge on any atom is 0.323 e. The predicted octanol–water partition coefficient (Wildman–Crippen LogP) is 1.75. The molecule has 1 saturated carbocycles. The predicted molar refractivity (Wildman–Crippen MR) is 68.5 cm³/mol. The summed E-state index contributed by atoms with van der Waals surface area (Å²) in [6.45, 7) is 0.770. The topological polar surface area (TPSA) is 69.6 Å². The van der Waals surface area contributed by atoms with Crippen LogP contribution >= 0.6 is 11.3 Å². The van der Waals surface area contributed by atoms with Crippen molar-refractivity contribution in [2.45, 2.75) is 19.4 Å². The third kappa shape index (κ3) is 4.03. The Hall–Kier alpha value is -1.56. The molecule has 0 radical (unpaired) electrons. The van der Waals surface area contributed by atoms with Crippen LogP contribution in [0.25, 0.3) is 0 Å². The number of carbonyl (C=O) groups is 2. The monoisotopic (exact) mass is 268 g/mol. The number of nitrogens with zero attached hydrogens (tertiary/aromatic N) is 1. The first-order chi connectivity index (χ1) is 8.65. The molecule has 0 aromatic carbocycles. The van der Waals surface area contributed by atoms with Crippen LogP contribution in [0.15, 0.2) is 17.5 Å². The van der Waals surface area contributed by atoms with Gasteiger partial charge in [-0.1, -0.05) is 6.07 Å². The van der Waals surface area contributed by atoms with E-state index in [4.69, 9.17) is 5.11 Å². The number of rotatable bonds is 6. The summed E-state index contributed by atoms with van der Waals surface area (Å²) in [6, 6.07) is 3.57. The maximum atomic E-state index is 11.9. The molecule has 0 saturated heterocycles. The molecule has 0 bridgehead atoms. The van der Waals surface area contributed by atoms with Crippen LogP contribution in [0.1, 0.15) is 17.7 Å². The third-order valence-corrected chi connectivity index (χ3v) is 3.66. The van der Waals surface area contributed by atoms with Crippen molar-refractivity contribution in [3.63, 3.8) is 0 Å². The van der Waals surface area contributed by atoms with Crippen molar-refractivity contribution in [2.75, 3.05) is 13.1 Å². The highest BCUT2D eigenvalue weighted by Crippen LogP contribution is 2.29. The van der Waals surface area contributed by atoms with Crippen molar-refractivity contribution in [3.8, 4) is 0 Å². The molecule has 0 unspecified atom stereocenters. The molecule has 2 N–H and O–H groups in total. The molecule has 98 valence electrons. The normalized spacial score (nSPS) is 14.2. The summed E-state index contributed by atoms with van der Waals surface area (Å²) in [5.74, 6) is -0.487. The molecule has 18 heavy (non-hydrogen) atoms. The van der Waals surface area contributed by atoms with Crippen LogP contribution in [0.4, 0.5) is 4.79 Å². The van der Waals surface area contributed by atoms with E-state index in [-0.39, 0.29) is 12.6 Å². The van der Waals surface area contributed by atoms with Crippen molar-refractivity contribution < 1.29 is 14.7 Å². The summed E-state index contributed by atoms with van der Waals surface area (Å²) in [5, 5.41) is 13.5. The molecule has 1 aliphatic rings. The van der Waals surface area contributed by atoms with Crippen molar-refractivity contribution in [1.29, 1.82) is 0 Å². The smallest absolute Gasteiger partial charge is 0.323 e. The first kappa shape index (κ1) is 12.9. The molecule has 2 rings (SSSR count). The molecular formula is C12H16N2O3S. The van der Waals surface area contributed by atoms with Crippen LogP contribution in [0.3, 0.4) is 0 Å². The van der Waals surface area contributed by atoms with E-state index >= 15 is 0 Å². The van der Waals surface area contributed by atoms with Gasteiger partial charge in [0.2, 0.25) is 0 Å². The Kier molecular flexibility index (Phi) is 4.19. The average Bonchev–Trinajstić information content (AvgIpc) is 2.98. The molecule has 1 fully saturated rings. The fourth-order valence-corrected chi connectivity index (χ4v) is 2.33. The van der Waals surface area contributed by atoms with Crippen LogP contribution in [-0.2, 0) is 11.3 Å². The van der Waals surface area contributed by atoms with E-state index in [9.17, 15) is 9.59 Å². The number of carboxylic acid groups (broad SMARTS) is 1. The number of carbonyl (C=O) groups excluding carboxylic acids is 1. The van der Waals surface area contributed by atoms with Crippen molar-refractivity contribution in [3.05, 3.63) is 22.4 Å². The molecule has 2 amide bonds. The molecule has 6 heteroatoms. The Morgan fingerprint density at radius 3 is 2.83 bits per heavy atom. The zero-order valence-corrected chi connectivity index (χ0v) is 10.8. The number of urea groups is 1. The van der Waals surface area contributed by atoms with Gasteiger partial charge in [0.15, 0.2) is 0 Å². The lowest BCUT2D eigenvalue weighted by molar-refractivity contribution is -0.137. The number of carboxylic acids is 1. The standard InChI is InChI=1S/C12H16N2O3S/c15-11(16)8-14(7-9-3-4-9)12(17)13-6-10-2-1-5-18-10/h1-2,5,9H,3-4,6-8H2,(H,13,17)(H,15,16). The highest BCUT2D eigenvalue weighted by molar-refractivity contribution is 7.09. The Balaban J connectivity index is 1.83. The lowest BCUT2D eigenvalue weighted by Crippen LogP contribution is -2.43. The molecule has 0 spiro atoms. The van der Waals surface area contributed by atoms with Gasteiger partial charge in [0, 0.05) is 11.4 Å². The van der Waals surface area contributed by atoms with Gasteiger partial charge in [-0.3, -0.25) is 4.79 Å². The molecule has 5 nitrogen and oxygen atoms in total. The van der Waals surface area contributed by atoms with Gasteiger partial charge >= 0.3 is 12.0 Å². The molecule has 1 heterocycles. The number of hydrogen-bond donors (Lipinski definition) is 2. The van der Waals surface area contributed by atoms with Crippen molar-refractivity contribution in [2.24, 2.45) is 5.92 Å². The fraction of sp³-hybridized carbons (Fsp3) is 0.500. The third-order valence-electron chi connectivity index (χ3n) is 2.78. The van der Waals surface area contributed by atoms with E-state index in [0.717, 1.165) is 17.7 Å². The SMILES string of the molecule is O=C(O)CN(CC1CC1)C(=O)NCc1cccs1. The Morgan fingerprint density at radius 2 is 2.28 bits per heavy atom. The number of nitrogens with one attached hydrogen (secondary N) is 1. The van der Waals surface area contributed by atoms with E-state index in [0.29, 0.717) is 19.0 Å². The summed E-state index contributed by atoms with van der Waals surface area (Å²) in [6.07, 6.45) is 2.18. The zero-order chi connectivity index (χ0) is 13.0. The lowest BCUT2D eigenvalue weighted by Gasteiger charge is -2.20. The van der Waals surface area contributed by atoms with E-state index in [1.54, 1.807) is 11.3 Å². The molecule has 1 aromatic heterocycles. The summed E-state index contributed by atoms with van der Waals surface area (Å²) in [7, 11) is 0. The van der Waals surface area contributed by atoms with Crippen molar-refractivity contribution in [1.82, 2.24) is 10.2 Å². The van der Waals surface area contributed by atoms with E-state index in [1.165, 1.54) is 4.90 Å². The molecule has 1 aromatic rings. The van der Waals surface area contributed by atoms with E-state index in [2.05, 4.69) is 5.32 Å². The maximum absolute atomic E-state index is 11.9.